The molecule has 7 heteroatoms. The van der Waals surface area contributed by atoms with Crippen LogP contribution in [0.4, 0.5) is 0 Å². The van der Waals surface area contributed by atoms with Crippen LogP contribution < -0.4 is 5.32 Å². The highest BCUT2D eigenvalue weighted by Gasteiger charge is 2.50. The van der Waals surface area contributed by atoms with Crippen LogP contribution in [0.15, 0.2) is 6.07 Å². The molecule has 92 valence electrons. The third-order valence-electron chi connectivity index (χ3n) is 2.86. The molecule has 1 heterocycles. The van der Waals surface area contributed by atoms with Gasteiger partial charge in [-0.05, 0) is 18.9 Å². The smallest absolute Gasteiger partial charge is 0.311 e. The van der Waals surface area contributed by atoms with Gasteiger partial charge in [0.1, 0.15) is 10.8 Å². The zero-order valence-electron chi connectivity index (χ0n) is 8.72. The molecule has 1 fully saturated rings. The van der Waals surface area contributed by atoms with Crippen molar-refractivity contribution in [2.45, 2.75) is 12.8 Å². The van der Waals surface area contributed by atoms with E-state index in [0.717, 1.165) is 0 Å². The molecule has 0 aromatic carbocycles. The summed E-state index contributed by atoms with van der Waals surface area (Å²) in [6.07, 6.45) is 1.18. The fourth-order valence-corrected chi connectivity index (χ4v) is 1.80. The van der Waals surface area contributed by atoms with Gasteiger partial charge in [0.15, 0.2) is 0 Å². The first-order valence-electron chi connectivity index (χ1n) is 5.00. The second-order valence-electron chi connectivity index (χ2n) is 4.11. The average molecular weight is 277 g/mol. The highest BCUT2D eigenvalue weighted by atomic mass is 35.5. The van der Waals surface area contributed by atoms with E-state index in [2.05, 4.69) is 10.3 Å². The van der Waals surface area contributed by atoms with Crippen LogP contribution in [0.2, 0.25) is 10.2 Å². The Hall–Kier alpha value is -1.20. The van der Waals surface area contributed by atoms with Gasteiger partial charge in [0, 0.05) is 6.54 Å². The minimum Gasteiger partial charge on any atom is -0.481 e. The van der Waals surface area contributed by atoms with Gasteiger partial charge in [-0.25, -0.2) is 0 Å². The van der Waals surface area contributed by atoms with Crippen LogP contribution in [-0.2, 0) is 4.79 Å². The van der Waals surface area contributed by atoms with E-state index in [1.165, 1.54) is 6.07 Å². The first-order valence-corrected chi connectivity index (χ1v) is 5.76. The molecule has 17 heavy (non-hydrogen) atoms. The zero-order chi connectivity index (χ0) is 12.6. The number of carboxylic acid groups (broad SMARTS) is 1. The second-order valence-corrected chi connectivity index (χ2v) is 4.90. The van der Waals surface area contributed by atoms with Crippen LogP contribution in [0.5, 0.6) is 0 Å². The van der Waals surface area contributed by atoms with E-state index in [9.17, 15) is 9.59 Å². The SMILES string of the molecule is O=C(NCC1(C(=O)O)CC1)c1cc(Cl)c(Cl)[nH]1. The molecule has 1 aromatic rings. The zero-order valence-corrected chi connectivity index (χ0v) is 10.2. The molecule has 1 aliphatic rings. The van der Waals surface area contributed by atoms with Crippen LogP contribution >= 0.6 is 23.2 Å². The summed E-state index contributed by atoms with van der Waals surface area (Å²) >= 11 is 11.4. The van der Waals surface area contributed by atoms with Gasteiger partial charge in [-0.15, -0.1) is 0 Å². The Morgan fingerprint density at radius 3 is 2.53 bits per heavy atom. The second kappa shape index (κ2) is 4.23. The van der Waals surface area contributed by atoms with Gasteiger partial charge in [-0.2, -0.15) is 0 Å². The number of aromatic amines is 1. The summed E-state index contributed by atoms with van der Waals surface area (Å²) in [6, 6.07) is 1.40. The molecule has 1 saturated carbocycles. The van der Waals surface area contributed by atoms with Crippen molar-refractivity contribution in [3.05, 3.63) is 21.9 Å². The van der Waals surface area contributed by atoms with Gasteiger partial charge >= 0.3 is 5.97 Å². The fourth-order valence-electron chi connectivity index (χ4n) is 1.49. The van der Waals surface area contributed by atoms with Crippen molar-refractivity contribution < 1.29 is 14.7 Å². The average Bonchev–Trinajstić information content (AvgIpc) is 2.99. The van der Waals surface area contributed by atoms with Crippen molar-refractivity contribution in [2.75, 3.05) is 6.54 Å². The van der Waals surface area contributed by atoms with E-state index >= 15 is 0 Å². The van der Waals surface area contributed by atoms with E-state index in [-0.39, 0.29) is 22.4 Å². The molecule has 0 spiro atoms. The third-order valence-corrected chi connectivity index (χ3v) is 3.56. The highest BCUT2D eigenvalue weighted by molar-refractivity contribution is 6.41. The Morgan fingerprint density at radius 1 is 1.47 bits per heavy atom. The fraction of sp³-hybridized carbons (Fsp3) is 0.400. The number of carbonyl (C=O) groups excluding carboxylic acids is 1. The lowest BCUT2D eigenvalue weighted by Gasteiger charge is -2.10. The van der Waals surface area contributed by atoms with Gasteiger partial charge in [0.25, 0.3) is 5.91 Å². The quantitative estimate of drug-likeness (QED) is 0.786. The van der Waals surface area contributed by atoms with E-state index in [4.69, 9.17) is 28.3 Å². The molecule has 0 radical (unpaired) electrons. The lowest BCUT2D eigenvalue weighted by atomic mass is 10.1. The van der Waals surface area contributed by atoms with Crippen molar-refractivity contribution in [2.24, 2.45) is 5.41 Å². The summed E-state index contributed by atoms with van der Waals surface area (Å²) in [6.45, 7) is 0.120. The van der Waals surface area contributed by atoms with Crippen LogP contribution in [-0.4, -0.2) is 28.5 Å². The normalized spacial score (nSPS) is 16.6. The van der Waals surface area contributed by atoms with Crippen LogP contribution in [0.1, 0.15) is 23.3 Å². The Morgan fingerprint density at radius 2 is 2.12 bits per heavy atom. The molecule has 0 saturated heterocycles. The van der Waals surface area contributed by atoms with Gasteiger partial charge in [-0.3, -0.25) is 9.59 Å². The van der Waals surface area contributed by atoms with Gasteiger partial charge in [0.2, 0.25) is 0 Å². The van der Waals surface area contributed by atoms with Crippen molar-refractivity contribution in [3.8, 4) is 0 Å². The predicted octanol–water partition coefficient (Wildman–Crippen LogP) is 1.92. The monoisotopic (exact) mass is 276 g/mol. The third kappa shape index (κ3) is 2.40. The number of amides is 1. The minimum atomic E-state index is -0.875. The van der Waals surface area contributed by atoms with Crippen molar-refractivity contribution in [1.82, 2.24) is 10.3 Å². The van der Waals surface area contributed by atoms with E-state index in [0.29, 0.717) is 12.8 Å². The summed E-state index contributed by atoms with van der Waals surface area (Å²) < 4.78 is 0. The Balaban J connectivity index is 1.96. The Labute approximate surface area is 107 Å². The molecule has 0 atom stereocenters. The maximum absolute atomic E-state index is 11.7. The number of hydrogen-bond donors (Lipinski definition) is 3. The summed E-state index contributed by atoms with van der Waals surface area (Å²) in [5, 5.41) is 11.9. The number of aromatic nitrogens is 1. The number of H-pyrrole nitrogens is 1. The highest BCUT2D eigenvalue weighted by Crippen LogP contribution is 2.45. The van der Waals surface area contributed by atoms with Crippen molar-refractivity contribution >= 4 is 35.1 Å². The number of hydrogen-bond acceptors (Lipinski definition) is 2. The molecule has 1 aromatic heterocycles. The number of rotatable bonds is 4. The van der Waals surface area contributed by atoms with Gasteiger partial charge in [0.05, 0.1) is 10.4 Å². The minimum absolute atomic E-state index is 0.120. The molecule has 0 aliphatic heterocycles. The number of carbonyl (C=O) groups is 2. The number of carboxylic acids is 1. The van der Waals surface area contributed by atoms with E-state index < -0.39 is 17.3 Å². The summed E-state index contributed by atoms with van der Waals surface area (Å²) in [4.78, 5) is 25.1. The maximum Gasteiger partial charge on any atom is 0.311 e. The maximum atomic E-state index is 11.7. The number of nitrogens with one attached hydrogen (secondary N) is 2. The largest absolute Gasteiger partial charge is 0.481 e. The molecule has 0 bridgehead atoms. The number of aliphatic carboxylic acids is 1. The van der Waals surface area contributed by atoms with Gasteiger partial charge < -0.3 is 15.4 Å². The molecule has 5 nitrogen and oxygen atoms in total. The van der Waals surface area contributed by atoms with Crippen molar-refractivity contribution in [1.29, 1.82) is 0 Å². The number of halogens is 2. The van der Waals surface area contributed by atoms with Crippen molar-refractivity contribution in [3.63, 3.8) is 0 Å². The Bertz CT molecular complexity index is 460. The summed E-state index contributed by atoms with van der Waals surface area (Å²) in [5.41, 5.74) is -0.559. The van der Waals surface area contributed by atoms with Crippen LogP contribution in [0.25, 0.3) is 0 Å². The predicted molar refractivity (Wildman–Crippen MR) is 62.4 cm³/mol. The summed E-state index contributed by atoms with van der Waals surface area (Å²) in [5.74, 6) is -1.29. The van der Waals surface area contributed by atoms with E-state index in [1.807, 2.05) is 0 Å². The molecule has 1 amide bonds. The van der Waals surface area contributed by atoms with Crippen LogP contribution in [0, 0.1) is 5.41 Å². The first kappa shape index (κ1) is 12.3. The standard InChI is InChI=1S/C10H10Cl2N2O3/c11-5-3-6(14-7(5)12)8(15)13-4-10(1-2-10)9(16)17/h3,14H,1-2,4H2,(H,13,15)(H,16,17). The van der Waals surface area contributed by atoms with Gasteiger partial charge in [-0.1, -0.05) is 23.2 Å². The molecule has 2 rings (SSSR count). The summed E-state index contributed by atoms with van der Waals surface area (Å²) in [7, 11) is 0. The lowest BCUT2D eigenvalue weighted by Crippen LogP contribution is -2.34. The molecular formula is C10H10Cl2N2O3. The molecule has 3 N–H and O–H groups in total. The van der Waals surface area contributed by atoms with Crippen LogP contribution in [0.3, 0.4) is 0 Å². The first-order chi connectivity index (χ1) is 7.94. The lowest BCUT2D eigenvalue weighted by molar-refractivity contribution is -0.143. The molecular weight excluding hydrogens is 267 g/mol. The Kier molecular flexibility index (Phi) is 3.05. The topological polar surface area (TPSA) is 82.2 Å². The molecule has 1 aliphatic carbocycles. The molecule has 0 unspecified atom stereocenters. The van der Waals surface area contributed by atoms with E-state index in [1.54, 1.807) is 0 Å².